The first-order valence-corrected chi connectivity index (χ1v) is 11.8. The van der Waals surface area contributed by atoms with Crippen molar-refractivity contribution in [2.24, 2.45) is 7.05 Å². The highest BCUT2D eigenvalue weighted by Gasteiger charge is 2.23. The van der Waals surface area contributed by atoms with Gasteiger partial charge in [-0.15, -0.1) is 11.3 Å². The second kappa shape index (κ2) is 9.77. The quantitative estimate of drug-likeness (QED) is 0.377. The van der Waals surface area contributed by atoms with E-state index in [-0.39, 0.29) is 18.1 Å². The average molecular weight is 465 g/mol. The van der Waals surface area contributed by atoms with Crippen molar-refractivity contribution < 1.29 is 14.3 Å². The lowest BCUT2D eigenvalue weighted by Gasteiger charge is -2.21. The van der Waals surface area contributed by atoms with Gasteiger partial charge in [-0.25, -0.2) is 0 Å². The SMILES string of the molecule is Cc1ccc(CN(CCCCO)C(=O)c2sc3ccc(-c4ccc(=O)n(C)c4)cc3c2C)o1. The molecule has 1 aromatic carbocycles. The fourth-order valence-electron chi connectivity index (χ4n) is 3.94. The van der Waals surface area contributed by atoms with Crippen LogP contribution in [0.5, 0.6) is 0 Å². The number of rotatable bonds is 8. The summed E-state index contributed by atoms with van der Waals surface area (Å²) in [4.78, 5) is 27.8. The Hall–Kier alpha value is -3.16. The minimum Gasteiger partial charge on any atom is -0.464 e. The predicted octanol–water partition coefficient (Wildman–Crippen LogP) is 4.89. The molecule has 0 fully saturated rings. The van der Waals surface area contributed by atoms with Crippen LogP contribution in [0.1, 0.15) is 39.6 Å². The molecule has 3 heterocycles. The molecule has 4 rings (SSSR count). The number of aromatic nitrogens is 1. The van der Waals surface area contributed by atoms with Crippen LogP contribution >= 0.6 is 11.3 Å². The lowest BCUT2D eigenvalue weighted by atomic mass is 10.0. The second-order valence-corrected chi connectivity index (χ2v) is 9.36. The molecule has 4 aromatic rings. The maximum absolute atomic E-state index is 13.6. The van der Waals surface area contributed by atoms with Crippen LogP contribution in [0.3, 0.4) is 0 Å². The van der Waals surface area contributed by atoms with Crippen molar-refractivity contribution in [3.05, 3.63) is 81.0 Å². The maximum Gasteiger partial charge on any atom is 0.264 e. The van der Waals surface area contributed by atoms with Gasteiger partial charge in [0.15, 0.2) is 0 Å². The number of pyridine rings is 1. The zero-order valence-electron chi connectivity index (χ0n) is 19.1. The molecule has 1 N–H and O–H groups in total. The number of unbranched alkanes of at least 4 members (excludes halogenated alkanes) is 1. The number of aryl methyl sites for hydroxylation is 3. The Kier molecular flexibility index (Phi) is 6.81. The van der Waals surface area contributed by atoms with Gasteiger partial charge in [-0.1, -0.05) is 6.07 Å². The number of thiophene rings is 1. The average Bonchev–Trinajstić information content (AvgIpc) is 3.37. The monoisotopic (exact) mass is 464 g/mol. The Labute approximate surface area is 196 Å². The fraction of sp³-hybridized carbons (Fsp3) is 0.308. The smallest absolute Gasteiger partial charge is 0.264 e. The number of hydrogen-bond acceptors (Lipinski definition) is 5. The van der Waals surface area contributed by atoms with Crippen LogP contribution in [-0.2, 0) is 13.6 Å². The number of aliphatic hydroxyl groups excluding tert-OH is 1. The predicted molar refractivity (Wildman–Crippen MR) is 132 cm³/mol. The standard InChI is InChI=1S/C26H28N2O4S/c1-17-6-9-21(32-17)16-28(12-4-5-13-29)26(31)25-18(2)22-14-19(7-10-23(22)33-25)20-8-11-24(30)27(3)15-20/h6-11,14-15,29H,4-5,12-13,16H2,1-3H3. The largest absolute Gasteiger partial charge is 0.464 e. The van der Waals surface area contributed by atoms with Crippen molar-refractivity contribution >= 4 is 27.3 Å². The van der Waals surface area contributed by atoms with Crippen LogP contribution in [0.15, 0.2) is 57.9 Å². The van der Waals surface area contributed by atoms with Gasteiger partial charge in [0.25, 0.3) is 5.91 Å². The zero-order valence-corrected chi connectivity index (χ0v) is 19.9. The molecule has 0 bridgehead atoms. The summed E-state index contributed by atoms with van der Waals surface area (Å²) in [6, 6.07) is 13.3. The van der Waals surface area contributed by atoms with E-state index in [1.54, 1.807) is 22.6 Å². The van der Waals surface area contributed by atoms with E-state index in [0.29, 0.717) is 19.5 Å². The summed E-state index contributed by atoms with van der Waals surface area (Å²) < 4.78 is 8.33. The number of hydrogen-bond donors (Lipinski definition) is 1. The number of amides is 1. The Morgan fingerprint density at radius 2 is 1.88 bits per heavy atom. The summed E-state index contributed by atoms with van der Waals surface area (Å²) in [6.45, 7) is 4.93. The maximum atomic E-state index is 13.6. The Morgan fingerprint density at radius 3 is 2.58 bits per heavy atom. The molecule has 33 heavy (non-hydrogen) atoms. The minimum absolute atomic E-state index is 0.0237. The van der Waals surface area contributed by atoms with Crippen LogP contribution in [0.25, 0.3) is 21.2 Å². The first-order valence-electron chi connectivity index (χ1n) is 11.0. The van der Waals surface area contributed by atoms with Crippen molar-refractivity contribution in [3.63, 3.8) is 0 Å². The number of aliphatic hydroxyl groups is 1. The fourth-order valence-corrected chi connectivity index (χ4v) is 5.10. The topological polar surface area (TPSA) is 75.7 Å². The molecular weight excluding hydrogens is 436 g/mol. The molecule has 3 aromatic heterocycles. The molecule has 0 aliphatic carbocycles. The minimum atomic E-state index is -0.0486. The molecule has 0 aliphatic rings. The molecular formula is C26H28N2O4S. The van der Waals surface area contributed by atoms with Crippen molar-refractivity contribution in [3.8, 4) is 11.1 Å². The Bertz CT molecular complexity index is 1350. The Balaban J connectivity index is 1.67. The van der Waals surface area contributed by atoms with E-state index in [1.165, 1.54) is 11.3 Å². The van der Waals surface area contributed by atoms with Gasteiger partial charge in [-0.2, -0.15) is 0 Å². The first kappa shape index (κ1) is 23.0. The second-order valence-electron chi connectivity index (χ2n) is 8.30. The molecule has 172 valence electrons. The van der Waals surface area contributed by atoms with E-state index < -0.39 is 0 Å². The Morgan fingerprint density at radius 1 is 1.09 bits per heavy atom. The van der Waals surface area contributed by atoms with E-state index in [2.05, 4.69) is 6.07 Å². The summed E-state index contributed by atoms with van der Waals surface area (Å²) in [5.74, 6) is 1.54. The van der Waals surface area contributed by atoms with Crippen molar-refractivity contribution in [2.75, 3.05) is 13.2 Å². The molecule has 6 nitrogen and oxygen atoms in total. The van der Waals surface area contributed by atoms with Crippen molar-refractivity contribution in [2.45, 2.75) is 33.2 Å². The molecule has 0 unspecified atom stereocenters. The van der Waals surface area contributed by atoms with Gasteiger partial charge in [0.2, 0.25) is 5.56 Å². The van der Waals surface area contributed by atoms with Gasteiger partial charge in [0.05, 0.1) is 11.4 Å². The van der Waals surface area contributed by atoms with Crippen LogP contribution < -0.4 is 5.56 Å². The van der Waals surface area contributed by atoms with E-state index in [9.17, 15) is 14.7 Å². The normalized spacial score (nSPS) is 11.3. The van der Waals surface area contributed by atoms with Gasteiger partial charge in [0, 0.05) is 37.2 Å². The molecule has 1 amide bonds. The van der Waals surface area contributed by atoms with Gasteiger partial charge < -0.3 is 19.0 Å². The zero-order chi connectivity index (χ0) is 23.5. The molecule has 0 atom stereocenters. The number of carbonyl (C=O) groups excluding carboxylic acids is 1. The van der Waals surface area contributed by atoms with Crippen LogP contribution in [0, 0.1) is 13.8 Å². The van der Waals surface area contributed by atoms with Crippen molar-refractivity contribution in [1.29, 1.82) is 0 Å². The van der Waals surface area contributed by atoms with Crippen molar-refractivity contribution in [1.82, 2.24) is 9.47 Å². The van der Waals surface area contributed by atoms with Crippen LogP contribution in [-0.4, -0.2) is 33.6 Å². The van der Waals surface area contributed by atoms with E-state index in [4.69, 9.17) is 4.42 Å². The van der Waals surface area contributed by atoms with Crippen LogP contribution in [0.2, 0.25) is 0 Å². The molecule has 0 aliphatic heterocycles. The van der Waals surface area contributed by atoms with E-state index >= 15 is 0 Å². The number of benzene rings is 1. The summed E-state index contributed by atoms with van der Waals surface area (Å²) in [7, 11) is 1.74. The molecule has 0 saturated carbocycles. The summed E-state index contributed by atoms with van der Waals surface area (Å²) in [6.07, 6.45) is 3.20. The summed E-state index contributed by atoms with van der Waals surface area (Å²) in [5, 5.41) is 10.2. The third-order valence-corrected chi connectivity index (χ3v) is 7.08. The number of carbonyl (C=O) groups is 1. The van der Waals surface area contributed by atoms with E-state index in [0.717, 1.165) is 49.6 Å². The highest BCUT2D eigenvalue weighted by molar-refractivity contribution is 7.21. The summed E-state index contributed by atoms with van der Waals surface area (Å²) in [5.41, 5.74) is 2.86. The lowest BCUT2D eigenvalue weighted by molar-refractivity contribution is 0.0729. The molecule has 7 heteroatoms. The summed E-state index contributed by atoms with van der Waals surface area (Å²) >= 11 is 1.50. The first-order chi connectivity index (χ1) is 15.9. The third kappa shape index (κ3) is 4.94. The number of nitrogens with zero attached hydrogens (tertiary/aromatic N) is 2. The van der Waals surface area contributed by atoms with Gasteiger partial charge in [-0.3, -0.25) is 9.59 Å². The molecule has 0 spiro atoms. The van der Waals surface area contributed by atoms with Gasteiger partial charge in [-0.05, 0) is 79.1 Å². The van der Waals surface area contributed by atoms with Gasteiger partial charge in [0.1, 0.15) is 11.5 Å². The highest BCUT2D eigenvalue weighted by atomic mass is 32.1. The molecule has 0 saturated heterocycles. The lowest BCUT2D eigenvalue weighted by Crippen LogP contribution is -2.31. The highest BCUT2D eigenvalue weighted by Crippen LogP contribution is 2.35. The van der Waals surface area contributed by atoms with E-state index in [1.807, 2.05) is 50.4 Å². The number of furan rings is 1. The molecule has 0 radical (unpaired) electrons. The number of fused-ring (bicyclic) bond motifs is 1. The van der Waals surface area contributed by atoms with Crippen LogP contribution in [0.4, 0.5) is 0 Å². The van der Waals surface area contributed by atoms with Gasteiger partial charge >= 0.3 is 0 Å². The third-order valence-electron chi connectivity index (χ3n) is 5.82.